The van der Waals surface area contributed by atoms with Gasteiger partial charge in [0.1, 0.15) is 5.54 Å². The van der Waals surface area contributed by atoms with Crippen LogP contribution < -0.4 is 5.32 Å². The summed E-state index contributed by atoms with van der Waals surface area (Å²) in [5.74, 6) is -1.41. The molecule has 0 aliphatic carbocycles. The third-order valence-corrected chi connectivity index (χ3v) is 2.57. The predicted molar refractivity (Wildman–Crippen MR) is 53.5 cm³/mol. The molecule has 0 aromatic carbocycles. The number of carbonyl (C=O) groups is 2. The van der Waals surface area contributed by atoms with Crippen molar-refractivity contribution in [3.63, 3.8) is 0 Å². The lowest BCUT2D eigenvalue weighted by atomic mass is 10.1. The molecule has 0 aliphatic rings. The lowest BCUT2D eigenvalue weighted by Crippen LogP contribution is -2.49. The van der Waals surface area contributed by atoms with E-state index in [1.54, 1.807) is 17.5 Å². The van der Waals surface area contributed by atoms with Gasteiger partial charge in [-0.25, -0.2) is 4.79 Å². The van der Waals surface area contributed by atoms with Gasteiger partial charge in [-0.05, 0) is 25.3 Å². The number of carbonyl (C=O) groups excluding carboxylic acids is 1. The van der Waals surface area contributed by atoms with Crippen LogP contribution in [-0.4, -0.2) is 22.5 Å². The second-order valence-corrected chi connectivity index (χ2v) is 4.31. The number of aliphatic carboxylic acids is 1. The van der Waals surface area contributed by atoms with E-state index in [1.165, 1.54) is 25.2 Å². The van der Waals surface area contributed by atoms with Crippen LogP contribution in [0.5, 0.6) is 0 Å². The minimum atomic E-state index is -1.24. The Morgan fingerprint density at radius 3 is 2.57 bits per heavy atom. The monoisotopic (exact) mass is 213 g/mol. The average Bonchev–Trinajstić information content (AvgIpc) is 2.54. The van der Waals surface area contributed by atoms with Crippen molar-refractivity contribution in [2.75, 3.05) is 0 Å². The summed E-state index contributed by atoms with van der Waals surface area (Å²) in [6.45, 7) is 2.89. The number of rotatable bonds is 3. The molecule has 0 saturated heterocycles. The summed E-state index contributed by atoms with van der Waals surface area (Å²) in [5.41, 5.74) is -1.24. The Morgan fingerprint density at radius 2 is 2.14 bits per heavy atom. The molecule has 1 rings (SSSR count). The summed E-state index contributed by atoms with van der Waals surface area (Å²) in [7, 11) is 0. The van der Waals surface area contributed by atoms with Crippen molar-refractivity contribution < 1.29 is 14.7 Å². The van der Waals surface area contributed by atoms with Gasteiger partial charge in [0, 0.05) is 0 Å². The lowest BCUT2D eigenvalue weighted by Gasteiger charge is -2.20. The zero-order valence-corrected chi connectivity index (χ0v) is 8.72. The van der Waals surface area contributed by atoms with Gasteiger partial charge in [0.2, 0.25) is 0 Å². The van der Waals surface area contributed by atoms with Crippen LogP contribution in [0, 0.1) is 0 Å². The minimum absolute atomic E-state index is 0.354. The molecule has 14 heavy (non-hydrogen) atoms. The number of nitrogens with one attached hydrogen (secondary N) is 1. The zero-order valence-electron chi connectivity index (χ0n) is 7.90. The molecule has 0 unspecified atom stereocenters. The molecule has 0 fully saturated rings. The van der Waals surface area contributed by atoms with E-state index in [2.05, 4.69) is 5.32 Å². The predicted octanol–water partition coefficient (Wildman–Crippen LogP) is 1.34. The van der Waals surface area contributed by atoms with E-state index >= 15 is 0 Å². The molecule has 0 radical (unpaired) electrons. The standard InChI is InChI=1S/C9H11NO3S/c1-9(2,8(12)13)10-7(11)6-4-3-5-14-6/h3-5H,1-2H3,(H,10,11)(H,12,13). The van der Waals surface area contributed by atoms with E-state index in [4.69, 9.17) is 5.11 Å². The van der Waals surface area contributed by atoms with Crippen LogP contribution in [-0.2, 0) is 4.79 Å². The quantitative estimate of drug-likeness (QED) is 0.796. The highest BCUT2D eigenvalue weighted by atomic mass is 32.1. The maximum Gasteiger partial charge on any atom is 0.328 e. The van der Waals surface area contributed by atoms with E-state index in [0.717, 1.165) is 0 Å². The second kappa shape index (κ2) is 3.79. The van der Waals surface area contributed by atoms with Crippen LogP contribution in [0.4, 0.5) is 0 Å². The van der Waals surface area contributed by atoms with Crippen LogP contribution >= 0.6 is 11.3 Å². The van der Waals surface area contributed by atoms with Crippen molar-refractivity contribution >= 4 is 23.2 Å². The zero-order chi connectivity index (χ0) is 10.8. The van der Waals surface area contributed by atoms with Gasteiger partial charge in [0.25, 0.3) is 5.91 Å². The number of hydrogen-bond acceptors (Lipinski definition) is 3. The van der Waals surface area contributed by atoms with E-state index in [-0.39, 0.29) is 5.91 Å². The Bertz CT molecular complexity index is 343. The molecule has 0 bridgehead atoms. The van der Waals surface area contributed by atoms with Gasteiger partial charge in [-0.15, -0.1) is 11.3 Å². The van der Waals surface area contributed by atoms with Crippen molar-refractivity contribution in [3.8, 4) is 0 Å². The first-order valence-corrected chi connectivity index (χ1v) is 4.91. The largest absolute Gasteiger partial charge is 0.480 e. The van der Waals surface area contributed by atoms with E-state index in [9.17, 15) is 9.59 Å². The van der Waals surface area contributed by atoms with Crippen molar-refractivity contribution in [2.45, 2.75) is 19.4 Å². The summed E-state index contributed by atoms with van der Waals surface area (Å²) < 4.78 is 0. The fourth-order valence-electron chi connectivity index (χ4n) is 0.807. The maximum atomic E-state index is 11.5. The Hall–Kier alpha value is -1.36. The fourth-order valence-corrected chi connectivity index (χ4v) is 1.43. The smallest absolute Gasteiger partial charge is 0.328 e. The first kappa shape index (κ1) is 10.7. The molecule has 1 aromatic heterocycles. The third kappa shape index (κ3) is 2.32. The molecule has 1 aromatic rings. The van der Waals surface area contributed by atoms with Crippen molar-refractivity contribution in [3.05, 3.63) is 22.4 Å². The molecule has 1 amide bonds. The van der Waals surface area contributed by atoms with Crippen molar-refractivity contribution in [1.82, 2.24) is 5.32 Å². The second-order valence-electron chi connectivity index (χ2n) is 3.36. The average molecular weight is 213 g/mol. The van der Waals surface area contributed by atoms with Gasteiger partial charge in [-0.3, -0.25) is 4.79 Å². The molecule has 76 valence electrons. The van der Waals surface area contributed by atoms with Gasteiger partial charge in [-0.1, -0.05) is 6.07 Å². The SMILES string of the molecule is CC(C)(NC(=O)c1cccs1)C(=O)O. The summed E-state index contributed by atoms with van der Waals surface area (Å²) in [5, 5.41) is 13.0. The third-order valence-electron chi connectivity index (χ3n) is 1.71. The Morgan fingerprint density at radius 1 is 1.50 bits per heavy atom. The molecular weight excluding hydrogens is 202 g/mol. The molecule has 4 nitrogen and oxygen atoms in total. The van der Waals surface area contributed by atoms with E-state index < -0.39 is 11.5 Å². The molecule has 0 spiro atoms. The molecule has 1 heterocycles. The number of amides is 1. The van der Waals surface area contributed by atoms with Crippen LogP contribution in [0.15, 0.2) is 17.5 Å². The number of thiophene rings is 1. The van der Waals surface area contributed by atoms with Crippen LogP contribution in [0.25, 0.3) is 0 Å². The fraction of sp³-hybridized carbons (Fsp3) is 0.333. The van der Waals surface area contributed by atoms with Gasteiger partial charge >= 0.3 is 5.97 Å². The van der Waals surface area contributed by atoms with Gasteiger partial charge in [-0.2, -0.15) is 0 Å². The highest BCUT2D eigenvalue weighted by Gasteiger charge is 2.29. The number of carboxylic acid groups (broad SMARTS) is 1. The van der Waals surface area contributed by atoms with Crippen LogP contribution in [0.2, 0.25) is 0 Å². The highest BCUT2D eigenvalue weighted by Crippen LogP contribution is 2.10. The number of hydrogen-bond donors (Lipinski definition) is 2. The van der Waals surface area contributed by atoms with Crippen LogP contribution in [0.1, 0.15) is 23.5 Å². The molecule has 0 saturated carbocycles. The Balaban J connectivity index is 2.71. The topological polar surface area (TPSA) is 66.4 Å². The normalized spacial score (nSPS) is 11.0. The lowest BCUT2D eigenvalue weighted by molar-refractivity contribution is -0.143. The summed E-state index contributed by atoms with van der Waals surface area (Å²) in [6.07, 6.45) is 0. The van der Waals surface area contributed by atoms with E-state index in [1.807, 2.05) is 0 Å². The molecule has 5 heteroatoms. The van der Waals surface area contributed by atoms with Crippen LogP contribution in [0.3, 0.4) is 0 Å². The Labute approximate surface area is 85.6 Å². The van der Waals surface area contributed by atoms with E-state index in [0.29, 0.717) is 4.88 Å². The first-order chi connectivity index (χ1) is 6.43. The first-order valence-electron chi connectivity index (χ1n) is 4.03. The Kier molecular flexibility index (Phi) is 2.90. The van der Waals surface area contributed by atoms with Crippen molar-refractivity contribution in [2.24, 2.45) is 0 Å². The minimum Gasteiger partial charge on any atom is -0.480 e. The van der Waals surface area contributed by atoms with Gasteiger partial charge in [0.05, 0.1) is 4.88 Å². The number of carboxylic acids is 1. The van der Waals surface area contributed by atoms with Gasteiger partial charge < -0.3 is 10.4 Å². The highest BCUT2D eigenvalue weighted by molar-refractivity contribution is 7.12. The summed E-state index contributed by atoms with van der Waals surface area (Å²) in [6, 6.07) is 3.39. The van der Waals surface area contributed by atoms with Gasteiger partial charge in [0.15, 0.2) is 0 Å². The molecule has 0 aliphatic heterocycles. The molecule has 2 N–H and O–H groups in total. The molecular formula is C9H11NO3S. The molecule has 0 atom stereocenters. The maximum absolute atomic E-state index is 11.5. The summed E-state index contributed by atoms with van der Waals surface area (Å²) >= 11 is 1.28. The van der Waals surface area contributed by atoms with Crippen molar-refractivity contribution in [1.29, 1.82) is 0 Å². The summed E-state index contributed by atoms with van der Waals surface area (Å²) in [4.78, 5) is 22.7.